The van der Waals surface area contributed by atoms with Gasteiger partial charge in [0.05, 0.1) is 5.71 Å². The molecule has 0 spiro atoms. The van der Waals surface area contributed by atoms with E-state index in [0.717, 1.165) is 70.8 Å². The number of aliphatic imine (C=N–C) groups is 1. The van der Waals surface area contributed by atoms with Gasteiger partial charge in [0.25, 0.3) is 0 Å². The maximum atomic E-state index is 6.76. The molecule has 0 fully saturated rings. The molecular formula is C42H49N3. The Morgan fingerprint density at radius 2 is 1.71 bits per heavy atom. The molecule has 2 aliphatic rings. The topological polar surface area (TPSA) is 50.4 Å². The second kappa shape index (κ2) is 18.7. The van der Waals surface area contributed by atoms with Crippen LogP contribution in [-0.4, -0.2) is 5.71 Å². The molecule has 0 saturated heterocycles. The van der Waals surface area contributed by atoms with Crippen molar-refractivity contribution in [3.05, 3.63) is 185 Å². The van der Waals surface area contributed by atoms with Gasteiger partial charge >= 0.3 is 0 Å². The van der Waals surface area contributed by atoms with E-state index in [2.05, 4.69) is 117 Å². The normalized spacial score (nSPS) is 16.4. The molecule has 1 aliphatic heterocycles. The van der Waals surface area contributed by atoms with Gasteiger partial charge in [-0.1, -0.05) is 129 Å². The third-order valence-corrected chi connectivity index (χ3v) is 7.44. The summed E-state index contributed by atoms with van der Waals surface area (Å²) in [6.45, 7) is 16.5. The van der Waals surface area contributed by atoms with Gasteiger partial charge in [-0.05, 0) is 92.2 Å². The molecule has 232 valence electrons. The summed E-state index contributed by atoms with van der Waals surface area (Å²) in [5.41, 5.74) is 19.0. The number of nitrogens with one attached hydrogen (secondary N) is 1. The van der Waals surface area contributed by atoms with Crippen LogP contribution in [0.5, 0.6) is 0 Å². The summed E-state index contributed by atoms with van der Waals surface area (Å²) >= 11 is 0. The minimum atomic E-state index is 0.673. The molecule has 3 rings (SSSR count). The average Bonchev–Trinajstić information content (AvgIpc) is 3.47. The Kier molecular flexibility index (Phi) is 14.4. The fourth-order valence-electron chi connectivity index (χ4n) is 4.58. The number of hydrogen-bond acceptors (Lipinski definition) is 3. The summed E-state index contributed by atoms with van der Waals surface area (Å²) in [5.74, 6) is 0. The second-order valence-corrected chi connectivity index (χ2v) is 11.3. The lowest BCUT2D eigenvalue weighted by molar-refractivity contribution is 1.05. The van der Waals surface area contributed by atoms with Gasteiger partial charge in [-0.3, -0.25) is 4.99 Å². The Balaban J connectivity index is 1.78. The highest BCUT2D eigenvalue weighted by Crippen LogP contribution is 2.31. The number of anilines is 1. The summed E-state index contributed by atoms with van der Waals surface area (Å²) < 4.78 is 0. The number of benzene rings is 1. The van der Waals surface area contributed by atoms with E-state index in [-0.39, 0.29) is 0 Å². The van der Waals surface area contributed by atoms with Gasteiger partial charge in [-0.2, -0.15) is 0 Å². The second-order valence-electron chi connectivity index (χ2n) is 11.3. The molecule has 0 amide bonds. The van der Waals surface area contributed by atoms with Crippen LogP contribution in [0.4, 0.5) is 5.69 Å². The van der Waals surface area contributed by atoms with Gasteiger partial charge in [0, 0.05) is 29.7 Å². The standard InChI is InChI=1S/C42H49N3/c1-7-33(5)22-25-37(34(6)45-40-19-12-10-13-20-40)18-15-17-36-23-26-38(30-36)41(42(43)21-14-9-11-16-32(3)4)31-35(8-2)24-27-39-28-29-44-39/h9-16,18-20,22-29,31,45H,3,5,7-8,17,21,30,43H2,1-2,4,6H3/b14-9-,16-11-,18-15-,25-22-,27-24-,35-31+,37-34-,42-41+. The Morgan fingerprint density at radius 3 is 2.38 bits per heavy atom. The molecule has 45 heavy (non-hydrogen) atoms. The van der Waals surface area contributed by atoms with E-state index in [4.69, 9.17) is 5.73 Å². The van der Waals surface area contributed by atoms with Crippen LogP contribution in [0.15, 0.2) is 190 Å². The van der Waals surface area contributed by atoms with Gasteiger partial charge in [0.2, 0.25) is 0 Å². The van der Waals surface area contributed by atoms with Gasteiger partial charge in [0.1, 0.15) is 0 Å². The van der Waals surface area contributed by atoms with Crippen LogP contribution in [0.3, 0.4) is 0 Å². The van der Waals surface area contributed by atoms with E-state index < -0.39 is 0 Å². The van der Waals surface area contributed by atoms with E-state index in [1.54, 1.807) is 0 Å². The predicted molar refractivity (Wildman–Crippen MR) is 199 cm³/mol. The SMILES string of the molecule is C=C(C)/C=C\C=C/C/C(N)=C(/C=C(/C=C\C1=NC=C1)CC)C1=CC=C(C\C=C/C(/C=C\C(=C)CC)=C(\C)Nc2ccccc2)C1. The number of para-hydroxylation sites is 1. The van der Waals surface area contributed by atoms with Gasteiger partial charge < -0.3 is 11.1 Å². The molecule has 0 saturated carbocycles. The first-order chi connectivity index (χ1) is 21.8. The molecule has 0 aromatic heterocycles. The summed E-state index contributed by atoms with van der Waals surface area (Å²) in [7, 11) is 0. The summed E-state index contributed by atoms with van der Waals surface area (Å²) in [6, 6.07) is 10.3. The first-order valence-electron chi connectivity index (χ1n) is 15.8. The molecule has 0 atom stereocenters. The lowest BCUT2D eigenvalue weighted by Gasteiger charge is -2.12. The van der Waals surface area contributed by atoms with Gasteiger partial charge in [0.15, 0.2) is 0 Å². The summed E-state index contributed by atoms with van der Waals surface area (Å²) in [6.07, 6.45) is 35.8. The maximum absolute atomic E-state index is 6.76. The molecule has 0 unspecified atom stereocenters. The highest BCUT2D eigenvalue weighted by atomic mass is 14.9. The van der Waals surface area contributed by atoms with Crippen molar-refractivity contribution >= 4 is 11.4 Å². The molecule has 3 N–H and O–H groups in total. The minimum Gasteiger partial charge on any atom is -0.401 e. The van der Waals surface area contributed by atoms with Crippen LogP contribution in [0.1, 0.15) is 59.8 Å². The molecule has 1 heterocycles. The number of allylic oxidation sites excluding steroid dienone is 22. The van der Waals surface area contributed by atoms with Crippen molar-refractivity contribution in [3.8, 4) is 0 Å². The zero-order chi connectivity index (χ0) is 32.4. The van der Waals surface area contributed by atoms with Crippen LogP contribution in [-0.2, 0) is 0 Å². The molecule has 0 radical (unpaired) electrons. The van der Waals surface area contributed by atoms with Gasteiger partial charge in [-0.25, -0.2) is 0 Å². The molecule has 3 nitrogen and oxygen atoms in total. The largest absolute Gasteiger partial charge is 0.401 e. The van der Waals surface area contributed by atoms with Crippen molar-refractivity contribution in [2.45, 2.75) is 59.8 Å². The van der Waals surface area contributed by atoms with E-state index in [9.17, 15) is 0 Å². The maximum Gasteiger partial charge on any atom is 0.0645 e. The van der Waals surface area contributed by atoms with Crippen LogP contribution in [0.25, 0.3) is 0 Å². The molecular weight excluding hydrogens is 546 g/mol. The third-order valence-electron chi connectivity index (χ3n) is 7.44. The first kappa shape index (κ1) is 34.6. The number of nitrogens with two attached hydrogens (primary N) is 1. The lowest BCUT2D eigenvalue weighted by Crippen LogP contribution is -2.03. The zero-order valence-corrected chi connectivity index (χ0v) is 27.5. The highest BCUT2D eigenvalue weighted by molar-refractivity contribution is 6.07. The highest BCUT2D eigenvalue weighted by Gasteiger charge is 2.14. The predicted octanol–water partition coefficient (Wildman–Crippen LogP) is 11.2. The Hall–Kier alpha value is -4.89. The Morgan fingerprint density at radius 1 is 0.933 bits per heavy atom. The van der Waals surface area contributed by atoms with E-state index in [1.165, 1.54) is 16.7 Å². The zero-order valence-electron chi connectivity index (χ0n) is 27.5. The summed E-state index contributed by atoms with van der Waals surface area (Å²) in [4.78, 5) is 4.27. The minimum absolute atomic E-state index is 0.673. The molecule has 1 aromatic rings. The number of nitrogens with zero attached hydrogens (tertiary/aromatic N) is 1. The fourth-order valence-corrected chi connectivity index (χ4v) is 4.58. The van der Waals surface area contributed by atoms with Crippen LogP contribution in [0, 0.1) is 0 Å². The Bertz CT molecular complexity index is 1590. The van der Waals surface area contributed by atoms with Crippen molar-refractivity contribution in [3.63, 3.8) is 0 Å². The average molecular weight is 596 g/mol. The van der Waals surface area contributed by atoms with Crippen LogP contribution in [0.2, 0.25) is 0 Å². The van der Waals surface area contributed by atoms with Crippen molar-refractivity contribution in [2.75, 3.05) is 5.32 Å². The third kappa shape index (κ3) is 12.3. The molecule has 3 heteroatoms. The first-order valence-corrected chi connectivity index (χ1v) is 15.8. The van der Waals surface area contributed by atoms with Crippen molar-refractivity contribution in [2.24, 2.45) is 10.7 Å². The number of hydrogen-bond donors (Lipinski definition) is 2. The molecule has 1 aromatic carbocycles. The van der Waals surface area contributed by atoms with E-state index in [0.29, 0.717) is 6.42 Å². The van der Waals surface area contributed by atoms with Gasteiger partial charge in [-0.15, -0.1) is 0 Å². The van der Waals surface area contributed by atoms with Crippen molar-refractivity contribution < 1.29 is 0 Å². The van der Waals surface area contributed by atoms with Crippen LogP contribution < -0.4 is 11.1 Å². The number of rotatable bonds is 17. The lowest BCUT2D eigenvalue weighted by atomic mass is 9.95. The quantitative estimate of drug-likeness (QED) is 0.176. The molecule has 0 bridgehead atoms. The smallest absolute Gasteiger partial charge is 0.0645 e. The van der Waals surface area contributed by atoms with E-state index >= 15 is 0 Å². The molecule has 1 aliphatic carbocycles. The summed E-state index contributed by atoms with van der Waals surface area (Å²) in [5, 5.41) is 3.54. The van der Waals surface area contributed by atoms with E-state index in [1.807, 2.05) is 55.6 Å². The fraction of sp³-hybridized carbons (Fsp3) is 0.214. The van der Waals surface area contributed by atoms with Crippen LogP contribution >= 0.6 is 0 Å². The Labute approximate surface area is 271 Å². The van der Waals surface area contributed by atoms with Crippen molar-refractivity contribution in [1.29, 1.82) is 0 Å². The monoisotopic (exact) mass is 595 g/mol. The van der Waals surface area contributed by atoms with Crippen molar-refractivity contribution in [1.82, 2.24) is 0 Å².